The highest BCUT2D eigenvalue weighted by Gasteiger charge is 2.19. The molecule has 3 rings (SSSR count). The van der Waals surface area contributed by atoms with Crippen molar-refractivity contribution in [1.82, 2.24) is 20.2 Å². The number of halogens is 3. The average molecular weight is 350 g/mol. The minimum Gasteiger partial charge on any atom is -0.324 e. The molecule has 5 nitrogen and oxygen atoms in total. The first kappa shape index (κ1) is 16.5. The second kappa shape index (κ2) is 6.26. The monoisotopic (exact) mass is 349 g/mol. The van der Waals surface area contributed by atoms with Crippen LogP contribution < -0.4 is 5.73 Å². The van der Waals surface area contributed by atoms with E-state index in [0.717, 1.165) is 6.07 Å². The molecule has 0 amide bonds. The van der Waals surface area contributed by atoms with E-state index in [1.165, 1.54) is 16.9 Å². The molecule has 0 unspecified atom stereocenters. The molecule has 0 aliphatic heterocycles. The Morgan fingerprint density at radius 2 is 1.92 bits per heavy atom. The van der Waals surface area contributed by atoms with Crippen molar-refractivity contribution in [3.05, 3.63) is 52.6 Å². The Kier molecular flexibility index (Phi) is 4.29. The van der Waals surface area contributed by atoms with Crippen molar-refractivity contribution in [2.24, 2.45) is 12.8 Å². The maximum absolute atomic E-state index is 14.5. The molecular formula is C16H14ClF2N5. The smallest absolute Gasteiger partial charge is 0.208 e. The van der Waals surface area contributed by atoms with Crippen LogP contribution in [0.15, 0.2) is 30.3 Å². The molecule has 8 heteroatoms. The maximum atomic E-state index is 14.5. The number of hydrogen-bond donors (Lipinski definition) is 1. The molecule has 0 bridgehead atoms. The number of benzene rings is 2. The fourth-order valence-electron chi connectivity index (χ4n) is 2.48. The highest BCUT2D eigenvalue weighted by molar-refractivity contribution is 6.31. The Balaban J connectivity index is 2.22. The molecule has 1 heterocycles. The van der Waals surface area contributed by atoms with Gasteiger partial charge in [-0.25, -0.2) is 8.78 Å². The summed E-state index contributed by atoms with van der Waals surface area (Å²) in [6.45, 7) is 1.69. The summed E-state index contributed by atoms with van der Waals surface area (Å²) in [6, 6.07) is 6.77. The maximum Gasteiger partial charge on any atom is 0.208 e. The Labute approximate surface area is 142 Å². The van der Waals surface area contributed by atoms with Crippen molar-refractivity contribution in [2.45, 2.75) is 13.0 Å². The SMILES string of the molecule is C[C@@H](N)c1ccc(-c2cc(Cl)cc(F)c2-c2nnn(C)n2)cc1F. The lowest BCUT2D eigenvalue weighted by Crippen LogP contribution is -2.07. The fourth-order valence-corrected chi connectivity index (χ4v) is 2.68. The number of hydrogen-bond acceptors (Lipinski definition) is 4. The van der Waals surface area contributed by atoms with Gasteiger partial charge in [0.15, 0.2) is 0 Å². The molecule has 0 spiro atoms. The molecular weight excluding hydrogens is 336 g/mol. The van der Waals surface area contributed by atoms with Gasteiger partial charge in [-0.15, -0.1) is 10.2 Å². The molecule has 3 aromatic rings. The van der Waals surface area contributed by atoms with Crippen LogP contribution in [-0.2, 0) is 7.05 Å². The third-order valence-electron chi connectivity index (χ3n) is 3.59. The van der Waals surface area contributed by atoms with Crippen LogP contribution in [0.25, 0.3) is 22.5 Å². The van der Waals surface area contributed by atoms with E-state index in [9.17, 15) is 8.78 Å². The number of tetrazole rings is 1. The zero-order valence-corrected chi connectivity index (χ0v) is 13.7. The Morgan fingerprint density at radius 3 is 2.50 bits per heavy atom. The lowest BCUT2D eigenvalue weighted by Gasteiger charge is -2.12. The van der Waals surface area contributed by atoms with Gasteiger partial charge in [0.05, 0.1) is 12.6 Å². The lowest BCUT2D eigenvalue weighted by atomic mass is 9.96. The molecule has 2 N–H and O–H groups in total. The van der Waals surface area contributed by atoms with Crippen molar-refractivity contribution in [2.75, 3.05) is 0 Å². The predicted molar refractivity (Wildman–Crippen MR) is 87.2 cm³/mol. The first-order chi connectivity index (χ1) is 11.4. The van der Waals surface area contributed by atoms with E-state index in [2.05, 4.69) is 15.4 Å². The van der Waals surface area contributed by atoms with Crippen LogP contribution in [0.5, 0.6) is 0 Å². The van der Waals surface area contributed by atoms with E-state index in [1.807, 2.05) is 0 Å². The zero-order valence-electron chi connectivity index (χ0n) is 13.0. The van der Waals surface area contributed by atoms with Crippen LogP contribution in [0.2, 0.25) is 5.02 Å². The van der Waals surface area contributed by atoms with Gasteiger partial charge in [-0.2, -0.15) is 4.80 Å². The van der Waals surface area contributed by atoms with Gasteiger partial charge in [-0.05, 0) is 41.5 Å². The first-order valence-electron chi connectivity index (χ1n) is 7.15. The van der Waals surface area contributed by atoms with E-state index >= 15 is 0 Å². The van der Waals surface area contributed by atoms with Gasteiger partial charge in [0.2, 0.25) is 5.82 Å². The molecule has 0 aliphatic rings. The average Bonchev–Trinajstić information content (AvgIpc) is 2.92. The van der Waals surface area contributed by atoms with Crippen molar-refractivity contribution in [3.63, 3.8) is 0 Å². The Bertz CT molecular complexity index is 907. The summed E-state index contributed by atoms with van der Waals surface area (Å²) in [7, 11) is 1.57. The lowest BCUT2D eigenvalue weighted by molar-refractivity contribution is 0.594. The van der Waals surface area contributed by atoms with Gasteiger partial charge in [0, 0.05) is 16.6 Å². The molecule has 24 heavy (non-hydrogen) atoms. The van der Waals surface area contributed by atoms with Gasteiger partial charge < -0.3 is 5.73 Å². The van der Waals surface area contributed by atoms with Crippen LogP contribution in [0.3, 0.4) is 0 Å². The Hall–Kier alpha value is -2.38. The summed E-state index contributed by atoms with van der Waals surface area (Å²) >= 11 is 5.97. The minimum absolute atomic E-state index is 0.0957. The highest BCUT2D eigenvalue weighted by atomic mass is 35.5. The molecule has 1 atom stereocenters. The van der Waals surface area contributed by atoms with Gasteiger partial charge in [0.1, 0.15) is 11.6 Å². The van der Waals surface area contributed by atoms with Gasteiger partial charge in [-0.3, -0.25) is 0 Å². The molecule has 2 aromatic carbocycles. The normalized spacial score (nSPS) is 12.4. The summed E-state index contributed by atoms with van der Waals surface area (Å²) < 4.78 is 28.8. The second-order valence-corrected chi connectivity index (χ2v) is 5.87. The van der Waals surface area contributed by atoms with Crippen molar-refractivity contribution in [1.29, 1.82) is 0 Å². The van der Waals surface area contributed by atoms with Crippen molar-refractivity contribution >= 4 is 11.6 Å². The van der Waals surface area contributed by atoms with Crippen molar-refractivity contribution < 1.29 is 8.78 Å². The zero-order chi connectivity index (χ0) is 17.4. The van der Waals surface area contributed by atoms with Gasteiger partial charge in [-0.1, -0.05) is 23.7 Å². The quantitative estimate of drug-likeness (QED) is 0.785. The summed E-state index contributed by atoms with van der Waals surface area (Å²) in [5.74, 6) is -0.985. The molecule has 1 aromatic heterocycles. The second-order valence-electron chi connectivity index (χ2n) is 5.44. The van der Waals surface area contributed by atoms with E-state index < -0.39 is 17.7 Å². The van der Waals surface area contributed by atoms with Crippen LogP contribution in [0.4, 0.5) is 8.78 Å². The van der Waals surface area contributed by atoms with Gasteiger partial charge >= 0.3 is 0 Å². The van der Waals surface area contributed by atoms with Crippen molar-refractivity contribution in [3.8, 4) is 22.5 Å². The molecule has 0 aliphatic carbocycles. The van der Waals surface area contributed by atoms with E-state index in [0.29, 0.717) is 16.7 Å². The van der Waals surface area contributed by atoms with Crippen LogP contribution in [0.1, 0.15) is 18.5 Å². The Morgan fingerprint density at radius 1 is 1.17 bits per heavy atom. The summed E-state index contributed by atoms with van der Waals surface area (Å²) in [4.78, 5) is 1.22. The molecule has 124 valence electrons. The number of rotatable bonds is 3. The molecule has 0 saturated carbocycles. The number of aryl methyl sites for hydroxylation is 1. The van der Waals surface area contributed by atoms with Gasteiger partial charge in [0.25, 0.3) is 0 Å². The van der Waals surface area contributed by atoms with Crippen LogP contribution in [0, 0.1) is 11.6 Å². The number of nitrogens with two attached hydrogens (primary N) is 1. The molecule has 0 fully saturated rings. The minimum atomic E-state index is -0.609. The third kappa shape index (κ3) is 3.00. The molecule has 0 radical (unpaired) electrons. The summed E-state index contributed by atoms with van der Waals surface area (Å²) in [6.07, 6.45) is 0. The summed E-state index contributed by atoms with van der Waals surface area (Å²) in [5.41, 5.74) is 7.03. The first-order valence-corrected chi connectivity index (χ1v) is 7.53. The summed E-state index contributed by atoms with van der Waals surface area (Å²) in [5, 5.41) is 11.8. The predicted octanol–water partition coefficient (Wildman–Crippen LogP) is 3.50. The third-order valence-corrected chi connectivity index (χ3v) is 3.81. The number of nitrogens with zero attached hydrogens (tertiary/aromatic N) is 4. The number of aromatic nitrogens is 4. The van der Waals surface area contributed by atoms with Crippen LogP contribution >= 0.6 is 11.6 Å². The molecule has 0 saturated heterocycles. The van der Waals surface area contributed by atoms with E-state index in [1.54, 1.807) is 26.1 Å². The van der Waals surface area contributed by atoms with E-state index in [4.69, 9.17) is 17.3 Å². The fraction of sp³-hybridized carbons (Fsp3) is 0.188. The van der Waals surface area contributed by atoms with Crippen LogP contribution in [-0.4, -0.2) is 20.2 Å². The largest absolute Gasteiger partial charge is 0.324 e. The standard InChI is InChI=1S/C16H14ClF2N5/c1-8(20)11-4-3-9(5-13(11)18)12-6-10(17)7-14(19)15(12)16-21-23-24(2)22-16/h3-8H,20H2,1-2H3/t8-/m1/s1. The van der Waals surface area contributed by atoms with E-state index in [-0.39, 0.29) is 16.4 Å². The highest BCUT2D eigenvalue weighted by Crippen LogP contribution is 2.35. The topological polar surface area (TPSA) is 69.6 Å².